The van der Waals surface area contributed by atoms with Gasteiger partial charge in [0.2, 0.25) is 11.8 Å². The summed E-state index contributed by atoms with van der Waals surface area (Å²) < 4.78 is 0. The summed E-state index contributed by atoms with van der Waals surface area (Å²) in [6, 6.07) is 4.46. The lowest BCUT2D eigenvalue weighted by Gasteiger charge is -2.11. The normalized spacial score (nSPS) is 18.9. The van der Waals surface area contributed by atoms with Crippen molar-refractivity contribution in [3.63, 3.8) is 0 Å². The topological polar surface area (TPSA) is 78.4 Å². The summed E-state index contributed by atoms with van der Waals surface area (Å²) in [5, 5.41) is 14.7. The predicted molar refractivity (Wildman–Crippen MR) is 62.6 cm³/mol. The number of hydrogen-bond donors (Lipinski definition) is 3. The third kappa shape index (κ3) is 2.55. The number of phenols is 1. The van der Waals surface area contributed by atoms with Gasteiger partial charge >= 0.3 is 0 Å². The van der Waals surface area contributed by atoms with E-state index in [-0.39, 0.29) is 17.6 Å². The highest BCUT2D eigenvalue weighted by atomic mass is 16.3. The Balaban J connectivity index is 2.03. The van der Waals surface area contributed by atoms with Gasteiger partial charge in [-0.3, -0.25) is 9.59 Å². The van der Waals surface area contributed by atoms with Crippen molar-refractivity contribution >= 4 is 17.5 Å². The van der Waals surface area contributed by atoms with Gasteiger partial charge in [-0.25, -0.2) is 0 Å². The number of aromatic hydroxyl groups is 1. The second kappa shape index (κ2) is 4.45. The molecule has 3 N–H and O–H groups in total. The first-order chi connectivity index (χ1) is 8.06. The number of hydrogen-bond acceptors (Lipinski definition) is 3. The quantitative estimate of drug-likeness (QED) is 0.712. The van der Waals surface area contributed by atoms with E-state index in [0.717, 1.165) is 5.56 Å². The van der Waals surface area contributed by atoms with Crippen LogP contribution in [0.15, 0.2) is 18.2 Å². The SMILES string of the molecule is Cc1ccc(NC(=O)[C@@H]2CCC(=O)N2)cc1O. The molecule has 1 saturated heterocycles. The Morgan fingerprint density at radius 2 is 2.29 bits per heavy atom. The molecule has 0 spiro atoms. The number of amides is 2. The Kier molecular flexibility index (Phi) is 2.99. The lowest BCUT2D eigenvalue weighted by atomic mass is 10.2. The maximum Gasteiger partial charge on any atom is 0.246 e. The maximum absolute atomic E-state index is 11.7. The highest BCUT2D eigenvalue weighted by Gasteiger charge is 2.27. The molecule has 5 nitrogen and oxygen atoms in total. The van der Waals surface area contributed by atoms with Crippen molar-refractivity contribution < 1.29 is 14.7 Å². The lowest BCUT2D eigenvalue weighted by Crippen LogP contribution is -2.37. The highest BCUT2D eigenvalue weighted by Crippen LogP contribution is 2.21. The van der Waals surface area contributed by atoms with Gasteiger partial charge < -0.3 is 15.7 Å². The lowest BCUT2D eigenvalue weighted by molar-refractivity contribution is -0.122. The third-order valence-corrected chi connectivity index (χ3v) is 2.79. The Morgan fingerprint density at radius 3 is 2.88 bits per heavy atom. The molecule has 0 aromatic heterocycles. The molecule has 90 valence electrons. The van der Waals surface area contributed by atoms with Gasteiger partial charge in [-0.15, -0.1) is 0 Å². The highest BCUT2D eigenvalue weighted by molar-refractivity contribution is 5.99. The molecule has 0 bridgehead atoms. The molecule has 0 aliphatic carbocycles. The van der Waals surface area contributed by atoms with Gasteiger partial charge in [0, 0.05) is 18.2 Å². The Hall–Kier alpha value is -2.04. The molecule has 1 fully saturated rings. The molecule has 2 amide bonds. The number of nitrogens with one attached hydrogen (secondary N) is 2. The van der Waals surface area contributed by atoms with Crippen LogP contribution in [0.2, 0.25) is 0 Å². The van der Waals surface area contributed by atoms with Gasteiger partial charge in [0.25, 0.3) is 0 Å². The van der Waals surface area contributed by atoms with Crippen LogP contribution in [-0.2, 0) is 9.59 Å². The second-order valence-electron chi connectivity index (χ2n) is 4.15. The van der Waals surface area contributed by atoms with Crippen LogP contribution in [0.1, 0.15) is 18.4 Å². The third-order valence-electron chi connectivity index (χ3n) is 2.79. The zero-order chi connectivity index (χ0) is 12.4. The molecule has 1 aliphatic rings. The first-order valence-electron chi connectivity index (χ1n) is 5.46. The fourth-order valence-electron chi connectivity index (χ4n) is 1.73. The van der Waals surface area contributed by atoms with Crippen LogP contribution in [-0.4, -0.2) is 23.0 Å². The van der Waals surface area contributed by atoms with E-state index in [1.165, 1.54) is 6.07 Å². The van der Waals surface area contributed by atoms with Gasteiger partial charge in [0.1, 0.15) is 11.8 Å². The molecule has 5 heteroatoms. The Labute approximate surface area is 98.8 Å². The average Bonchev–Trinajstić information content (AvgIpc) is 2.70. The van der Waals surface area contributed by atoms with Crippen LogP contribution in [0.25, 0.3) is 0 Å². The largest absolute Gasteiger partial charge is 0.508 e. The summed E-state index contributed by atoms with van der Waals surface area (Å²) in [6.07, 6.45) is 0.903. The van der Waals surface area contributed by atoms with Crippen LogP contribution in [0.3, 0.4) is 0 Å². The van der Waals surface area contributed by atoms with E-state index in [1.54, 1.807) is 19.1 Å². The van der Waals surface area contributed by atoms with Crippen LogP contribution in [0, 0.1) is 6.92 Å². The van der Waals surface area contributed by atoms with E-state index in [9.17, 15) is 14.7 Å². The second-order valence-corrected chi connectivity index (χ2v) is 4.15. The molecule has 1 aromatic carbocycles. The number of anilines is 1. The minimum Gasteiger partial charge on any atom is -0.508 e. The summed E-state index contributed by atoms with van der Waals surface area (Å²) in [5.74, 6) is -0.214. The van der Waals surface area contributed by atoms with Gasteiger partial charge in [-0.05, 0) is 25.0 Å². The van der Waals surface area contributed by atoms with Gasteiger partial charge in [0.05, 0.1) is 0 Å². The molecule has 0 radical (unpaired) electrons. The number of carbonyl (C=O) groups excluding carboxylic acids is 2. The standard InChI is InChI=1S/C12H14N2O3/c1-7-2-3-8(6-10(7)15)13-12(17)9-4-5-11(16)14-9/h2-3,6,9,15H,4-5H2,1H3,(H,13,17)(H,14,16)/t9-/m0/s1. The van der Waals surface area contributed by atoms with Crippen molar-refractivity contribution in [1.29, 1.82) is 0 Å². The van der Waals surface area contributed by atoms with Crippen molar-refractivity contribution in [2.75, 3.05) is 5.32 Å². The Bertz CT molecular complexity index is 471. The van der Waals surface area contributed by atoms with Crippen LogP contribution in [0.5, 0.6) is 5.75 Å². The van der Waals surface area contributed by atoms with Crippen molar-refractivity contribution in [1.82, 2.24) is 5.32 Å². The summed E-state index contributed by atoms with van der Waals surface area (Å²) in [7, 11) is 0. The minimum atomic E-state index is -0.467. The molecule has 2 rings (SSSR count). The molecule has 1 aliphatic heterocycles. The van der Waals surface area contributed by atoms with Crippen molar-refractivity contribution in [2.24, 2.45) is 0 Å². The van der Waals surface area contributed by atoms with E-state index in [4.69, 9.17) is 0 Å². The monoisotopic (exact) mass is 234 g/mol. The first kappa shape index (κ1) is 11.4. The molecule has 0 saturated carbocycles. The van der Waals surface area contributed by atoms with Gasteiger partial charge in [-0.1, -0.05) is 6.07 Å². The van der Waals surface area contributed by atoms with E-state index in [0.29, 0.717) is 18.5 Å². The number of rotatable bonds is 2. The number of carbonyl (C=O) groups is 2. The van der Waals surface area contributed by atoms with Crippen LogP contribution < -0.4 is 10.6 Å². The fourth-order valence-corrected chi connectivity index (χ4v) is 1.73. The summed E-state index contributed by atoms with van der Waals surface area (Å²) in [5.41, 5.74) is 1.27. The number of phenolic OH excluding ortho intramolecular Hbond substituents is 1. The zero-order valence-corrected chi connectivity index (χ0v) is 9.49. The molecule has 1 atom stereocenters. The summed E-state index contributed by atoms with van der Waals surface area (Å²) >= 11 is 0. The molecule has 1 heterocycles. The van der Waals surface area contributed by atoms with Crippen molar-refractivity contribution in [2.45, 2.75) is 25.8 Å². The van der Waals surface area contributed by atoms with E-state index in [2.05, 4.69) is 10.6 Å². The van der Waals surface area contributed by atoms with Crippen LogP contribution in [0.4, 0.5) is 5.69 Å². The molecule has 0 unspecified atom stereocenters. The fraction of sp³-hybridized carbons (Fsp3) is 0.333. The predicted octanol–water partition coefficient (Wildman–Crippen LogP) is 0.918. The number of aryl methyl sites for hydroxylation is 1. The van der Waals surface area contributed by atoms with Crippen LogP contribution >= 0.6 is 0 Å². The van der Waals surface area contributed by atoms with E-state index < -0.39 is 6.04 Å². The first-order valence-corrected chi connectivity index (χ1v) is 5.46. The minimum absolute atomic E-state index is 0.100. The van der Waals surface area contributed by atoms with E-state index >= 15 is 0 Å². The Morgan fingerprint density at radius 1 is 1.53 bits per heavy atom. The molecule has 17 heavy (non-hydrogen) atoms. The maximum atomic E-state index is 11.7. The average molecular weight is 234 g/mol. The van der Waals surface area contributed by atoms with Crippen molar-refractivity contribution in [3.05, 3.63) is 23.8 Å². The van der Waals surface area contributed by atoms with Crippen molar-refractivity contribution in [3.8, 4) is 5.75 Å². The van der Waals surface area contributed by atoms with E-state index in [1.807, 2.05) is 0 Å². The smallest absolute Gasteiger partial charge is 0.246 e. The molecular formula is C12H14N2O3. The van der Waals surface area contributed by atoms with Gasteiger partial charge in [0.15, 0.2) is 0 Å². The number of benzene rings is 1. The summed E-state index contributed by atoms with van der Waals surface area (Å²) in [4.78, 5) is 22.7. The molecular weight excluding hydrogens is 220 g/mol. The summed E-state index contributed by atoms with van der Waals surface area (Å²) in [6.45, 7) is 1.78. The molecule has 1 aromatic rings. The van der Waals surface area contributed by atoms with Gasteiger partial charge in [-0.2, -0.15) is 0 Å². The zero-order valence-electron chi connectivity index (χ0n) is 9.49.